The summed E-state index contributed by atoms with van der Waals surface area (Å²) in [5.74, 6) is 0. The highest BCUT2D eigenvalue weighted by molar-refractivity contribution is 6.30. The molecule has 19 heavy (non-hydrogen) atoms. The Labute approximate surface area is 118 Å². The third-order valence-electron chi connectivity index (χ3n) is 2.60. The number of hydrogen-bond acceptors (Lipinski definition) is 1. The molecule has 0 aliphatic rings. The van der Waals surface area contributed by atoms with Gasteiger partial charge in [-0.15, -0.1) is 0 Å². The van der Waals surface area contributed by atoms with Crippen LogP contribution in [-0.2, 0) is 0 Å². The van der Waals surface area contributed by atoms with Crippen LogP contribution in [0.5, 0.6) is 0 Å². The molecule has 2 heteroatoms. The summed E-state index contributed by atoms with van der Waals surface area (Å²) in [7, 11) is 0. The van der Waals surface area contributed by atoms with Gasteiger partial charge in [0.1, 0.15) is 0 Å². The molecule has 0 aliphatic carbocycles. The number of halogens is 1. The van der Waals surface area contributed by atoms with Crippen LogP contribution in [0.25, 0.3) is 12.2 Å². The zero-order valence-electron chi connectivity index (χ0n) is 10.3. The molecule has 2 aromatic rings. The fourth-order valence-electron chi connectivity index (χ4n) is 1.58. The molecule has 2 aromatic carbocycles. The Morgan fingerprint density at radius 1 is 0.789 bits per heavy atom. The summed E-state index contributed by atoms with van der Waals surface area (Å²) in [6.45, 7) is 0. The first-order valence-electron chi connectivity index (χ1n) is 5.88. The maximum absolute atomic E-state index is 8.70. The van der Waals surface area contributed by atoms with Gasteiger partial charge in [0, 0.05) is 5.02 Å². The normalized spacial score (nSPS) is 10.9. The highest BCUT2D eigenvalue weighted by Crippen LogP contribution is 2.11. The summed E-state index contributed by atoms with van der Waals surface area (Å²) in [6.07, 6.45) is 7.95. The highest BCUT2D eigenvalue weighted by atomic mass is 35.5. The van der Waals surface area contributed by atoms with Gasteiger partial charge >= 0.3 is 0 Å². The topological polar surface area (TPSA) is 23.8 Å². The van der Waals surface area contributed by atoms with Crippen LogP contribution in [0.3, 0.4) is 0 Å². The average molecular weight is 266 g/mol. The number of rotatable bonds is 3. The van der Waals surface area contributed by atoms with E-state index in [1.807, 2.05) is 72.8 Å². The maximum atomic E-state index is 8.70. The average Bonchev–Trinajstić information content (AvgIpc) is 2.46. The third-order valence-corrected chi connectivity index (χ3v) is 2.85. The van der Waals surface area contributed by atoms with Gasteiger partial charge in [0.2, 0.25) is 0 Å². The fourth-order valence-corrected chi connectivity index (χ4v) is 1.70. The molecule has 2 rings (SSSR count). The summed E-state index contributed by atoms with van der Waals surface area (Å²) in [5.41, 5.74) is 2.85. The van der Waals surface area contributed by atoms with Crippen molar-refractivity contribution in [1.29, 1.82) is 5.26 Å². The van der Waals surface area contributed by atoms with Crippen molar-refractivity contribution >= 4 is 23.8 Å². The summed E-state index contributed by atoms with van der Waals surface area (Å²) >= 11 is 5.82. The molecule has 1 nitrogen and oxygen atoms in total. The third kappa shape index (κ3) is 4.13. The van der Waals surface area contributed by atoms with E-state index in [0.717, 1.165) is 16.1 Å². The SMILES string of the molecule is N#Cc1ccc(/C=C/C=C/c2ccc(Cl)cc2)cc1. The molecule has 0 N–H and O–H groups in total. The lowest BCUT2D eigenvalue weighted by molar-refractivity contribution is 1.48. The number of allylic oxidation sites excluding steroid dienone is 2. The van der Waals surface area contributed by atoms with Gasteiger partial charge in [0.15, 0.2) is 0 Å². The van der Waals surface area contributed by atoms with E-state index in [0.29, 0.717) is 5.56 Å². The van der Waals surface area contributed by atoms with Crippen molar-refractivity contribution in [3.63, 3.8) is 0 Å². The van der Waals surface area contributed by atoms with Crippen molar-refractivity contribution in [2.45, 2.75) is 0 Å². The van der Waals surface area contributed by atoms with Gasteiger partial charge in [-0.1, -0.05) is 60.2 Å². The molecule has 0 aromatic heterocycles. The second-order valence-corrected chi connectivity index (χ2v) is 4.44. The molecule has 0 amide bonds. The van der Waals surface area contributed by atoms with Crippen LogP contribution in [0.15, 0.2) is 60.7 Å². The number of hydrogen-bond donors (Lipinski definition) is 0. The van der Waals surface area contributed by atoms with Crippen molar-refractivity contribution in [3.8, 4) is 6.07 Å². The molecule has 0 saturated heterocycles. The monoisotopic (exact) mass is 265 g/mol. The zero-order chi connectivity index (χ0) is 13.5. The van der Waals surface area contributed by atoms with Crippen LogP contribution in [-0.4, -0.2) is 0 Å². The van der Waals surface area contributed by atoms with Crippen LogP contribution in [0.1, 0.15) is 16.7 Å². The van der Waals surface area contributed by atoms with E-state index >= 15 is 0 Å². The molecular weight excluding hydrogens is 254 g/mol. The summed E-state index contributed by atoms with van der Waals surface area (Å²) in [4.78, 5) is 0. The molecule has 0 unspecified atom stereocenters. The molecule has 0 heterocycles. The van der Waals surface area contributed by atoms with E-state index in [-0.39, 0.29) is 0 Å². The second-order valence-electron chi connectivity index (χ2n) is 4.00. The van der Waals surface area contributed by atoms with Crippen molar-refractivity contribution < 1.29 is 0 Å². The summed E-state index contributed by atoms with van der Waals surface area (Å²) < 4.78 is 0. The van der Waals surface area contributed by atoms with Crippen molar-refractivity contribution in [3.05, 3.63) is 82.4 Å². The summed E-state index contributed by atoms with van der Waals surface area (Å²) in [6, 6.07) is 17.2. The number of nitrogens with zero attached hydrogens (tertiary/aromatic N) is 1. The van der Waals surface area contributed by atoms with Gasteiger partial charge in [-0.25, -0.2) is 0 Å². The predicted octanol–water partition coefficient (Wildman–Crippen LogP) is 4.94. The first kappa shape index (κ1) is 13.1. The highest BCUT2D eigenvalue weighted by Gasteiger charge is 1.89. The van der Waals surface area contributed by atoms with E-state index in [1.54, 1.807) is 0 Å². The molecule has 92 valence electrons. The quantitative estimate of drug-likeness (QED) is 0.721. The lowest BCUT2D eigenvalue weighted by Gasteiger charge is -1.93. The van der Waals surface area contributed by atoms with E-state index in [4.69, 9.17) is 16.9 Å². The Hall–Kier alpha value is -2.30. The van der Waals surface area contributed by atoms with Gasteiger partial charge in [0.25, 0.3) is 0 Å². The fraction of sp³-hybridized carbons (Fsp3) is 0. The minimum Gasteiger partial charge on any atom is -0.192 e. The van der Waals surface area contributed by atoms with E-state index in [1.165, 1.54) is 0 Å². The van der Waals surface area contributed by atoms with Gasteiger partial charge < -0.3 is 0 Å². The van der Waals surface area contributed by atoms with E-state index in [9.17, 15) is 0 Å². The molecule has 0 atom stereocenters. The smallest absolute Gasteiger partial charge is 0.0991 e. The minimum absolute atomic E-state index is 0.675. The molecular formula is C17H12ClN. The second kappa shape index (κ2) is 6.58. The van der Waals surface area contributed by atoms with Crippen LogP contribution < -0.4 is 0 Å². The Morgan fingerprint density at radius 3 is 1.74 bits per heavy atom. The first-order chi connectivity index (χ1) is 9.28. The van der Waals surface area contributed by atoms with Crippen molar-refractivity contribution in [1.82, 2.24) is 0 Å². The molecule has 0 spiro atoms. The molecule has 0 bridgehead atoms. The number of benzene rings is 2. The Kier molecular flexibility index (Phi) is 4.55. The Bertz CT molecular complexity index is 628. The zero-order valence-corrected chi connectivity index (χ0v) is 11.0. The van der Waals surface area contributed by atoms with Gasteiger partial charge in [0.05, 0.1) is 11.6 Å². The molecule has 0 fully saturated rings. The van der Waals surface area contributed by atoms with Crippen LogP contribution in [0, 0.1) is 11.3 Å². The van der Waals surface area contributed by atoms with Gasteiger partial charge in [-0.05, 0) is 35.4 Å². The first-order valence-corrected chi connectivity index (χ1v) is 6.26. The minimum atomic E-state index is 0.675. The van der Waals surface area contributed by atoms with Crippen molar-refractivity contribution in [2.24, 2.45) is 0 Å². The lowest BCUT2D eigenvalue weighted by Crippen LogP contribution is -1.74. The lowest BCUT2D eigenvalue weighted by atomic mass is 10.1. The van der Waals surface area contributed by atoms with E-state index < -0.39 is 0 Å². The molecule has 0 aliphatic heterocycles. The largest absolute Gasteiger partial charge is 0.192 e. The van der Waals surface area contributed by atoms with E-state index in [2.05, 4.69) is 6.07 Å². The molecule has 0 radical (unpaired) electrons. The maximum Gasteiger partial charge on any atom is 0.0991 e. The Morgan fingerprint density at radius 2 is 1.26 bits per heavy atom. The predicted molar refractivity (Wildman–Crippen MR) is 80.7 cm³/mol. The summed E-state index contributed by atoms with van der Waals surface area (Å²) in [5, 5.41) is 9.44. The number of nitriles is 1. The van der Waals surface area contributed by atoms with Crippen molar-refractivity contribution in [2.75, 3.05) is 0 Å². The standard InChI is InChI=1S/C17H12ClN/c18-17-11-9-15(10-12-17)4-2-1-3-14-5-7-16(13-19)8-6-14/h1-12H/b3-1+,4-2+. The van der Waals surface area contributed by atoms with Crippen LogP contribution >= 0.6 is 11.6 Å². The van der Waals surface area contributed by atoms with Crippen LogP contribution in [0.2, 0.25) is 5.02 Å². The Balaban J connectivity index is 1.99. The molecule has 0 saturated carbocycles. The van der Waals surface area contributed by atoms with Crippen LogP contribution in [0.4, 0.5) is 0 Å². The van der Waals surface area contributed by atoms with Gasteiger partial charge in [-0.3, -0.25) is 0 Å². The van der Waals surface area contributed by atoms with Gasteiger partial charge in [-0.2, -0.15) is 5.26 Å².